The molecular weight excluding hydrogens is 350 g/mol. The van der Waals surface area contributed by atoms with Crippen molar-refractivity contribution in [1.82, 2.24) is 9.71 Å². The molecule has 1 N–H and O–H groups in total. The Morgan fingerprint density at radius 2 is 2.04 bits per heavy atom. The molecule has 2 rings (SSSR count). The van der Waals surface area contributed by atoms with E-state index in [2.05, 4.69) is 4.98 Å². The van der Waals surface area contributed by atoms with Crippen LogP contribution in [0.2, 0.25) is 5.15 Å². The zero-order valence-corrected chi connectivity index (χ0v) is 13.9. The van der Waals surface area contributed by atoms with Gasteiger partial charge in [-0.25, -0.2) is 18.1 Å². The van der Waals surface area contributed by atoms with Crippen LogP contribution in [0.1, 0.15) is 16.7 Å². The van der Waals surface area contributed by atoms with Crippen LogP contribution in [0.4, 0.5) is 0 Å². The summed E-state index contributed by atoms with van der Waals surface area (Å²) >= 11 is 5.63. The fourth-order valence-electron chi connectivity index (χ4n) is 1.84. The lowest BCUT2D eigenvalue weighted by Gasteiger charge is -2.05. The summed E-state index contributed by atoms with van der Waals surface area (Å²) in [5.41, 5.74) is 1.31. The molecular formula is C16H12ClN3O3S. The first-order valence-corrected chi connectivity index (χ1v) is 8.75. The van der Waals surface area contributed by atoms with Crippen molar-refractivity contribution in [3.8, 4) is 6.07 Å². The minimum atomic E-state index is -3.87. The number of rotatable bonds is 5. The van der Waals surface area contributed by atoms with Crippen LogP contribution >= 0.6 is 11.6 Å². The number of benzene rings is 1. The van der Waals surface area contributed by atoms with Gasteiger partial charge in [0.25, 0.3) is 5.91 Å². The molecule has 0 spiro atoms. The Labute approximate surface area is 144 Å². The smallest absolute Gasteiger partial charge is 0.257 e. The Morgan fingerprint density at radius 1 is 1.29 bits per heavy atom. The molecule has 0 aliphatic carbocycles. The molecule has 0 fully saturated rings. The molecule has 0 radical (unpaired) electrons. The van der Waals surface area contributed by atoms with Crippen molar-refractivity contribution in [3.05, 3.63) is 70.5 Å². The third-order valence-corrected chi connectivity index (χ3v) is 4.35. The van der Waals surface area contributed by atoms with Crippen molar-refractivity contribution >= 4 is 33.6 Å². The van der Waals surface area contributed by atoms with Gasteiger partial charge in [0.05, 0.1) is 17.4 Å². The molecule has 0 saturated carbocycles. The second-order valence-corrected chi connectivity index (χ2v) is 6.86. The molecule has 1 amide bonds. The second kappa shape index (κ2) is 7.73. The Morgan fingerprint density at radius 3 is 2.71 bits per heavy atom. The van der Waals surface area contributed by atoms with Crippen LogP contribution in [0.15, 0.2) is 48.7 Å². The Kier molecular flexibility index (Phi) is 5.68. The van der Waals surface area contributed by atoms with E-state index >= 15 is 0 Å². The van der Waals surface area contributed by atoms with E-state index in [0.717, 1.165) is 6.08 Å². The number of hydrogen-bond acceptors (Lipinski definition) is 5. The van der Waals surface area contributed by atoms with E-state index in [4.69, 9.17) is 16.9 Å². The van der Waals surface area contributed by atoms with Crippen molar-refractivity contribution < 1.29 is 13.2 Å². The number of halogens is 1. The van der Waals surface area contributed by atoms with Crippen LogP contribution < -0.4 is 4.72 Å². The van der Waals surface area contributed by atoms with Crippen molar-refractivity contribution in [3.63, 3.8) is 0 Å². The average Bonchev–Trinajstić information content (AvgIpc) is 2.54. The van der Waals surface area contributed by atoms with Gasteiger partial charge in [0.2, 0.25) is 10.0 Å². The van der Waals surface area contributed by atoms with E-state index in [0.29, 0.717) is 16.7 Å². The first-order chi connectivity index (χ1) is 11.4. The number of hydrogen-bond donors (Lipinski definition) is 1. The van der Waals surface area contributed by atoms with Gasteiger partial charge in [-0.15, -0.1) is 0 Å². The normalized spacial score (nSPS) is 11.2. The maximum Gasteiger partial charge on any atom is 0.257 e. The molecule has 122 valence electrons. The largest absolute Gasteiger partial charge is 0.269 e. The first-order valence-electron chi connectivity index (χ1n) is 6.72. The van der Waals surface area contributed by atoms with E-state index in [1.807, 2.05) is 10.8 Å². The molecule has 6 nitrogen and oxygen atoms in total. The summed E-state index contributed by atoms with van der Waals surface area (Å²) in [4.78, 5) is 15.6. The zero-order chi connectivity index (χ0) is 17.6. The van der Waals surface area contributed by atoms with E-state index in [1.54, 1.807) is 24.3 Å². The number of nitrogens with one attached hydrogen (secondary N) is 1. The number of nitrogens with zero attached hydrogens (tertiary/aromatic N) is 2. The maximum atomic E-state index is 12.0. The number of pyridine rings is 1. The van der Waals surface area contributed by atoms with Crippen molar-refractivity contribution in [2.75, 3.05) is 0 Å². The molecule has 8 heteroatoms. The van der Waals surface area contributed by atoms with Gasteiger partial charge in [-0.1, -0.05) is 35.9 Å². The highest BCUT2D eigenvalue weighted by molar-refractivity contribution is 7.89. The fraction of sp³-hybridized carbons (Fsp3) is 0.0625. The highest BCUT2D eigenvalue weighted by Gasteiger charge is 2.14. The average molecular weight is 362 g/mol. The van der Waals surface area contributed by atoms with Gasteiger partial charge in [0, 0.05) is 12.3 Å². The first kappa shape index (κ1) is 17.7. The number of aromatic nitrogens is 1. The molecule has 24 heavy (non-hydrogen) atoms. The standard InChI is InChI=1S/C16H12ClN3O3S/c17-15-7-5-12(10-19-15)11-24(22,23)20-16(21)8-6-13-3-1-2-4-14(13)9-18/h1-8,10H,11H2,(H,20,21). The zero-order valence-electron chi connectivity index (χ0n) is 12.3. The quantitative estimate of drug-likeness (QED) is 0.650. The van der Waals surface area contributed by atoms with Gasteiger partial charge in [0.15, 0.2) is 0 Å². The van der Waals surface area contributed by atoms with Crippen LogP contribution in [-0.4, -0.2) is 19.3 Å². The number of carbonyl (C=O) groups is 1. The highest BCUT2D eigenvalue weighted by Crippen LogP contribution is 2.10. The van der Waals surface area contributed by atoms with Gasteiger partial charge >= 0.3 is 0 Å². The maximum absolute atomic E-state index is 12.0. The molecule has 0 aliphatic rings. The molecule has 0 unspecified atom stereocenters. The van der Waals surface area contributed by atoms with Crippen molar-refractivity contribution in [2.24, 2.45) is 0 Å². The van der Waals surface area contributed by atoms with Crippen LogP contribution in [0.5, 0.6) is 0 Å². The summed E-state index contributed by atoms with van der Waals surface area (Å²) in [6.45, 7) is 0. The topological polar surface area (TPSA) is 99.9 Å². The monoisotopic (exact) mass is 361 g/mol. The van der Waals surface area contributed by atoms with Crippen LogP contribution in [-0.2, 0) is 20.6 Å². The molecule has 0 aliphatic heterocycles. The van der Waals surface area contributed by atoms with E-state index in [1.165, 1.54) is 24.4 Å². The summed E-state index contributed by atoms with van der Waals surface area (Å²) in [6, 6.07) is 11.6. The van der Waals surface area contributed by atoms with Crippen LogP contribution in [0.3, 0.4) is 0 Å². The van der Waals surface area contributed by atoms with Gasteiger partial charge < -0.3 is 0 Å². The molecule has 2 aromatic rings. The lowest BCUT2D eigenvalue weighted by Crippen LogP contribution is -2.30. The second-order valence-electron chi connectivity index (χ2n) is 4.75. The summed E-state index contributed by atoms with van der Waals surface area (Å²) in [6.07, 6.45) is 3.77. The molecule has 1 aromatic carbocycles. The Hall–Kier alpha value is -2.69. The van der Waals surface area contributed by atoms with Gasteiger partial charge in [-0.3, -0.25) is 4.79 Å². The summed E-state index contributed by atoms with van der Waals surface area (Å²) < 4.78 is 25.8. The van der Waals surface area contributed by atoms with E-state index in [-0.39, 0.29) is 5.15 Å². The summed E-state index contributed by atoms with van der Waals surface area (Å²) in [7, 11) is -3.87. The van der Waals surface area contributed by atoms with E-state index < -0.39 is 21.7 Å². The minimum Gasteiger partial charge on any atom is -0.269 e. The molecule has 1 heterocycles. The number of amides is 1. The predicted octanol–water partition coefficient (Wildman–Crippen LogP) is 2.27. The van der Waals surface area contributed by atoms with Gasteiger partial charge in [0.1, 0.15) is 5.15 Å². The molecule has 0 atom stereocenters. The van der Waals surface area contributed by atoms with E-state index in [9.17, 15) is 13.2 Å². The van der Waals surface area contributed by atoms with Crippen LogP contribution in [0, 0.1) is 11.3 Å². The SMILES string of the molecule is N#Cc1ccccc1C=CC(=O)NS(=O)(=O)Cc1ccc(Cl)nc1. The van der Waals surface area contributed by atoms with Gasteiger partial charge in [-0.2, -0.15) is 5.26 Å². The number of carbonyl (C=O) groups excluding carboxylic acids is 1. The lowest BCUT2D eigenvalue weighted by molar-refractivity contribution is -0.114. The lowest BCUT2D eigenvalue weighted by atomic mass is 10.1. The van der Waals surface area contributed by atoms with Gasteiger partial charge in [-0.05, 0) is 29.3 Å². The summed E-state index contributed by atoms with van der Waals surface area (Å²) in [5.74, 6) is -1.20. The molecule has 0 saturated heterocycles. The summed E-state index contributed by atoms with van der Waals surface area (Å²) in [5, 5.41) is 9.21. The highest BCUT2D eigenvalue weighted by atomic mass is 35.5. The molecule has 0 bridgehead atoms. The van der Waals surface area contributed by atoms with Crippen molar-refractivity contribution in [1.29, 1.82) is 5.26 Å². The number of sulfonamides is 1. The molecule has 1 aromatic heterocycles. The Bertz CT molecular complexity index is 916. The Balaban J connectivity index is 2.04. The third-order valence-electron chi connectivity index (χ3n) is 2.90. The van der Waals surface area contributed by atoms with Crippen LogP contribution in [0.25, 0.3) is 6.08 Å². The minimum absolute atomic E-state index is 0.249. The third kappa shape index (κ3) is 5.19. The fourth-order valence-corrected chi connectivity index (χ4v) is 3.01. The van der Waals surface area contributed by atoms with Crippen molar-refractivity contribution in [2.45, 2.75) is 5.75 Å². The number of nitriles is 1. The predicted molar refractivity (Wildman–Crippen MR) is 90.2 cm³/mol.